The summed E-state index contributed by atoms with van der Waals surface area (Å²) in [6.07, 6.45) is -2.36. The Kier molecular flexibility index (Phi) is 7.76. The third kappa shape index (κ3) is 8.97. The fraction of sp³-hybridized carbons (Fsp3) is 1.00. The molecule has 5 heteroatoms. The van der Waals surface area contributed by atoms with Crippen LogP contribution in [0.25, 0.3) is 0 Å². The molecule has 2 nitrogen and oxygen atoms in total. The largest absolute Gasteiger partial charge is 0.401 e. The summed E-state index contributed by atoms with van der Waals surface area (Å²) in [5, 5.41) is 3.16. The van der Waals surface area contributed by atoms with Crippen LogP contribution in [0.15, 0.2) is 0 Å². The smallest absolute Gasteiger partial charge is 0.317 e. The highest BCUT2D eigenvalue weighted by molar-refractivity contribution is 4.67. The van der Waals surface area contributed by atoms with E-state index in [9.17, 15) is 13.2 Å². The topological polar surface area (TPSA) is 15.3 Å². The van der Waals surface area contributed by atoms with E-state index >= 15 is 0 Å². The van der Waals surface area contributed by atoms with Crippen LogP contribution < -0.4 is 5.32 Å². The minimum atomic E-state index is -4.09. The summed E-state index contributed by atoms with van der Waals surface area (Å²) in [4.78, 5) is 1.48. The van der Waals surface area contributed by atoms with E-state index in [1.807, 2.05) is 6.92 Å². The number of hydrogen-bond acceptors (Lipinski definition) is 2. The second kappa shape index (κ2) is 7.90. The Balaban J connectivity index is 3.78. The van der Waals surface area contributed by atoms with Gasteiger partial charge in [0.05, 0.1) is 6.54 Å². The highest BCUT2D eigenvalue weighted by atomic mass is 19.4. The average molecular weight is 240 g/mol. The molecule has 0 aromatic heterocycles. The summed E-state index contributed by atoms with van der Waals surface area (Å²) >= 11 is 0. The van der Waals surface area contributed by atoms with Gasteiger partial charge in [0.25, 0.3) is 0 Å². The van der Waals surface area contributed by atoms with Crippen LogP contribution in [0.1, 0.15) is 33.6 Å². The Morgan fingerprint density at radius 3 is 2.25 bits per heavy atom. The van der Waals surface area contributed by atoms with E-state index in [4.69, 9.17) is 0 Å². The molecule has 0 aromatic carbocycles. The molecule has 0 unspecified atom stereocenters. The van der Waals surface area contributed by atoms with Crippen molar-refractivity contribution in [1.29, 1.82) is 0 Å². The van der Waals surface area contributed by atoms with Crippen LogP contribution >= 0.6 is 0 Å². The molecule has 16 heavy (non-hydrogen) atoms. The van der Waals surface area contributed by atoms with Crippen molar-refractivity contribution in [3.8, 4) is 0 Å². The lowest BCUT2D eigenvalue weighted by Gasteiger charge is -2.27. The molecular formula is C11H23F3N2. The van der Waals surface area contributed by atoms with Crippen LogP contribution in [-0.2, 0) is 0 Å². The molecule has 0 saturated heterocycles. The van der Waals surface area contributed by atoms with Gasteiger partial charge in [0, 0.05) is 6.04 Å². The molecule has 0 amide bonds. The predicted octanol–water partition coefficient (Wildman–Crippen LogP) is 2.65. The molecule has 0 aromatic rings. The normalized spacial score (nSPS) is 12.8. The molecule has 0 atom stereocenters. The summed E-state index contributed by atoms with van der Waals surface area (Å²) in [6.45, 7) is 7.13. The zero-order valence-electron chi connectivity index (χ0n) is 10.4. The molecule has 0 fully saturated rings. The first-order valence-corrected chi connectivity index (χ1v) is 5.88. The lowest BCUT2D eigenvalue weighted by Crippen LogP contribution is -2.39. The number of hydrogen-bond donors (Lipinski definition) is 1. The molecule has 0 aliphatic carbocycles. The molecule has 0 saturated carbocycles. The van der Waals surface area contributed by atoms with Gasteiger partial charge < -0.3 is 5.32 Å². The van der Waals surface area contributed by atoms with Gasteiger partial charge in [0.1, 0.15) is 0 Å². The fourth-order valence-electron chi connectivity index (χ4n) is 1.49. The molecule has 1 N–H and O–H groups in total. The number of rotatable bonds is 8. The van der Waals surface area contributed by atoms with Crippen molar-refractivity contribution < 1.29 is 13.2 Å². The third-order valence-corrected chi connectivity index (χ3v) is 2.41. The Morgan fingerprint density at radius 1 is 1.19 bits per heavy atom. The Morgan fingerprint density at radius 2 is 1.81 bits per heavy atom. The average Bonchev–Trinajstić information content (AvgIpc) is 2.13. The van der Waals surface area contributed by atoms with Crippen molar-refractivity contribution in [3.63, 3.8) is 0 Å². The highest BCUT2D eigenvalue weighted by Gasteiger charge is 2.31. The fourth-order valence-corrected chi connectivity index (χ4v) is 1.49. The molecule has 98 valence electrons. The predicted molar refractivity (Wildman–Crippen MR) is 60.5 cm³/mol. The van der Waals surface area contributed by atoms with Gasteiger partial charge >= 0.3 is 6.18 Å². The first-order valence-electron chi connectivity index (χ1n) is 5.88. The maximum absolute atomic E-state index is 12.2. The van der Waals surface area contributed by atoms with E-state index in [1.165, 1.54) is 4.90 Å². The maximum Gasteiger partial charge on any atom is 0.401 e. The molecule has 0 rings (SSSR count). The molecule has 0 spiro atoms. The van der Waals surface area contributed by atoms with Crippen molar-refractivity contribution in [1.82, 2.24) is 10.2 Å². The van der Waals surface area contributed by atoms with E-state index in [1.54, 1.807) is 13.8 Å². The van der Waals surface area contributed by atoms with Gasteiger partial charge in [-0.05, 0) is 46.3 Å². The SMILES string of the molecule is CCNCCCCN(CC(F)(F)F)C(C)C. The van der Waals surface area contributed by atoms with Crippen LogP contribution in [0.3, 0.4) is 0 Å². The van der Waals surface area contributed by atoms with Crippen molar-refractivity contribution in [2.45, 2.75) is 45.8 Å². The second-order valence-corrected chi connectivity index (χ2v) is 4.24. The van der Waals surface area contributed by atoms with E-state index < -0.39 is 12.7 Å². The number of alkyl halides is 3. The van der Waals surface area contributed by atoms with E-state index in [2.05, 4.69) is 5.32 Å². The van der Waals surface area contributed by atoms with Gasteiger partial charge in [-0.3, -0.25) is 4.90 Å². The molecule has 0 bridgehead atoms. The van der Waals surface area contributed by atoms with Crippen LogP contribution in [0.5, 0.6) is 0 Å². The Bertz CT molecular complexity index is 169. The maximum atomic E-state index is 12.2. The van der Waals surface area contributed by atoms with Crippen LogP contribution in [0.2, 0.25) is 0 Å². The van der Waals surface area contributed by atoms with Crippen molar-refractivity contribution >= 4 is 0 Å². The number of nitrogens with zero attached hydrogens (tertiary/aromatic N) is 1. The zero-order chi connectivity index (χ0) is 12.6. The summed E-state index contributed by atoms with van der Waals surface area (Å²) in [5.41, 5.74) is 0. The second-order valence-electron chi connectivity index (χ2n) is 4.24. The van der Waals surface area contributed by atoms with Gasteiger partial charge in [0.15, 0.2) is 0 Å². The molecule has 0 radical (unpaired) electrons. The van der Waals surface area contributed by atoms with Gasteiger partial charge in [-0.1, -0.05) is 6.92 Å². The Labute approximate surface area is 96.2 Å². The summed E-state index contributed by atoms with van der Waals surface area (Å²) in [6, 6.07) is -0.0549. The molecule has 0 aliphatic rings. The standard InChI is InChI=1S/C11H23F3N2/c1-4-15-7-5-6-8-16(10(2)3)9-11(12,13)14/h10,15H,4-9H2,1-3H3. The number of unbranched alkanes of at least 4 members (excludes halogenated alkanes) is 1. The monoisotopic (exact) mass is 240 g/mol. The van der Waals surface area contributed by atoms with E-state index in [-0.39, 0.29) is 6.04 Å². The van der Waals surface area contributed by atoms with Gasteiger partial charge in [-0.2, -0.15) is 13.2 Å². The number of nitrogens with one attached hydrogen (secondary N) is 1. The molecule has 0 heterocycles. The van der Waals surface area contributed by atoms with Gasteiger partial charge in [-0.15, -0.1) is 0 Å². The van der Waals surface area contributed by atoms with Gasteiger partial charge in [-0.25, -0.2) is 0 Å². The first kappa shape index (κ1) is 15.7. The Hall–Kier alpha value is -0.290. The van der Waals surface area contributed by atoms with Crippen molar-refractivity contribution in [2.75, 3.05) is 26.2 Å². The first-order chi connectivity index (χ1) is 7.37. The lowest BCUT2D eigenvalue weighted by molar-refractivity contribution is -0.149. The highest BCUT2D eigenvalue weighted by Crippen LogP contribution is 2.18. The lowest BCUT2D eigenvalue weighted by atomic mass is 10.2. The summed E-state index contributed by atoms with van der Waals surface area (Å²) in [5.74, 6) is 0. The molecule has 0 aliphatic heterocycles. The molecular weight excluding hydrogens is 217 g/mol. The minimum absolute atomic E-state index is 0.0549. The van der Waals surface area contributed by atoms with Gasteiger partial charge in [0.2, 0.25) is 0 Å². The summed E-state index contributed by atoms with van der Waals surface area (Å²) in [7, 11) is 0. The summed E-state index contributed by atoms with van der Waals surface area (Å²) < 4.78 is 36.7. The van der Waals surface area contributed by atoms with Crippen LogP contribution in [0.4, 0.5) is 13.2 Å². The number of halogens is 3. The van der Waals surface area contributed by atoms with Crippen LogP contribution in [-0.4, -0.2) is 43.3 Å². The third-order valence-electron chi connectivity index (χ3n) is 2.41. The van der Waals surface area contributed by atoms with E-state index in [0.29, 0.717) is 6.54 Å². The quantitative estimate of drug-likeness (QED) is 0.656. The minimum Gasteiger partial charge on any atom is -0.317 e. The van der Waals surface area contributed by atoms with Crippen molar-refractivity contribution in [2.24, 2.45) is 0 Å². The van der Waals surface area contributed by atoms with Crippen molar-refractivity contribution in [3.05, 3.63) is 0 Å². The van der Waals surface area contributed by atoms with Crippen LogP contribution in [0, 0.1) is 0 Å². The van der Waals surface area contributed by atoms with E-state index in [0.717, 1.165) is 25.9 Å². The zero-order valence-corrected chi connectivity index (χ0v) is 10.4.